The Kier molecular flexibility index (Phi) is 9.12. The summed E-state index contributed by atoms with van der Waals surface area (Å²) < 4.78 is 11.9. The van der Waals surface area contributed by atoms with Gasteiger partial charge in [-0.05, 0) is 111 Å². The van der Waals surface area contributed by atoms with E-state index in [2.05, 4.69) is 100 Å². The molecular formula is C37H42O4. The minimum absolute atomic E-state index is 0.00484. The molecule has 0 aromatic heterocycles. The summed E-state index contributed by atoms with van der Waals surface area (Å²) in [5.74, 6) is 2.63. The third-order valence-electron chi connectivity index (χ3n) is 7.66. The largest absolute Gasteiger partial charge is 0.491 e. The molecule has 0 aliphatic heterocycles. The van der Waals surface area contributed by atoms with E-state index in [0.717, 1.165) is 41.9 Å². The first-order valence-electron chi connectivity index (χ1n) is 14.9. The van der Waals surface area contributed by atoms with Gasteiger partial charge >= 0.3 is 0 Å². The van der Waals surface area contributed by atoms with Gasteiger partial charge in [-0.2, -0.15) is 0 Å². The van der Waals surface area contributed by atoms with Crippen LogP contribution in [0.15, 0.2) is 72.8 Å². The second-order valence-electron chi connectivity index (χ2n) is 11.8. The summed E-state index contributed by atoms with van der Waals surface area (Å²) in [6, 6.07) is 26.3. The maximum absolute atomic E-state index is 9.38. The molecule has 1 aliphatic carbocycles. The van der Waals surface area contributed by atoms with Crippen LogP contribution in [0.25, 0.3) is 33.4 Å². The van der Waals surface area contributed by atoms with Crippen molar-refractivity contribution in [3.05, 3.63) is 95.1 Å². The zero-order chi connectivity index (χ0) is 28.9. The van der Waals surface area contributed by atoms with Crippen molar-refractivity contribution in [3.63, 3.8) is 0 Å². The van der Waals surface area contributed by atoms with Crippen molar-refractivity contribution in [2.75, 3.05) is 26.4 Å². The van der Waals surface area contributed by atoms with Gasteiger partial charge in [-0.15, -0.1) is 0 Å². The summed E-state index contributed by atoms with van der Waals surface area (Å²) in [5.41, 5.74) is 12.5. The Morgan fingerprint density at radius 1 is 0.634 bits per heavy atom. The monoisotopic (exact) mass is 550 g/mol. The summed E-state index contributed by atoms with van der Waals surface area (Å²) in [5, 5.41) is 18.7. The van der Waals surface area contributed by atoms with E-state index >= 15 is 0 Å². The van der Waals surface area contributed by atoms with Gasteiger partial charge in [-0.25, -0.2) is 0 Å². The first kappa shape index (κ1) is 28.9. The lowest BCUT2D eigenvalue weighted by Crippen LogP contribution is -2.06. The van der Waals surface area contributed by atoms with Crippen LogP contribution in [0.5, 0.6) is 11.5 Å². The van der Waals surface area contributed by atoms with E-state index < -0.39 is 0 Å². The van der Waals surface area contributed by atoms with E-state index in [1.165, 1.54) is 44.5 Å². The molecule has 4 nitrogen and oxygen atoms in total. The van der Waals surface area contributed by atoms with Gasteiger partial charge in [0.2, 0.25) is 0 Å². The molecule has 0 saturated heterocycles. The smallest absolute Gasteiger partial charge is 0.122 e. The van der Waals surface area contributed by atoms with Gasteiger partial charge in [0.25, 0.3) is 0 Å². The summed E-state index contributed by atoms with van der Waals surface area (Å²) in [6.45, 7) is 9.45. The fourth-order valence-corrected chi connectivity index (χ4v) is 6.06. The molecule has 41 heavy (non-hydrogen) atoms. The number of hydrogen-bond donors (Lipinski definition) is 2. The Balaban J connectivity index is 1.70. The lowest BCUT2D eigenvalue weighted by Gasteiger charge is -2.20. The minimum atomic E-state index is -0.00576. The van der Waals surface area contributed by atoms with Crippen molar-refractivity contribution >= 4 is 0 Å². The molecule has 4 heteroatoms. The van der Waals surface area contributed by atoms with Gasteiger partial charge in [0.1, 0.15) is 24.7 Å². The van der Waals surface area contributed by atoms with Crippen LogP contribution < -0.4 is 9.47 Å². The van der Waals surface area contributed by atoms with E-state index in [0.29, 0.717) is 11.8 Å². The maximum atomic E-state index is 9.38. The SMILES string of the molecule is CC(C)Cc1cc(-c2ccc3c(c2-c2ccc(OCCO)c(CC(C)C)c2)Cc2ccccc2-3)ccc1OCCO. The number of hydrogen-bond acceptors (Lipinski definition) is 4. The summed E-state index contributed by atoms with van der Waals surface area (Å²) >= 11 is 0. The van der Waals surface area contributed by atoms with E-state index in [4.69, 9.17) is 9.47 Å². The number of ether oxygens (including phenoxy) is 2. The molecular weight excluding hydrogens is 508 g/mol. The molecule has 4 aromatic rings. The highest BCUT2D eigenvalue weighted by Crippen LogP contribution is 2.47. The zero-order valence-electron chi connectivity index (χ0n) is 24.7. The highest BCUT2D eigenvalue weighted by molar-refractivity contribution is 5.94. The molecule has 0 spiro atoms. The molecule has 0 heterocycles. The number of aliphatic hydroxyl groups is 2. The van der Waals surface area contributed by atoms with Crippen LogP contribution in [-0.2, 0) is 19.3 Å². The van der Waals surface area contributed by atoms with Crippen LogP contribution in [0.3, 0.4) is 0 Å². The Morgan fingerprint density at radius 3 is 1.80 bits per heavy atom. The van der Waals surface area contributed by atoms with Crippen LogP contribution in [0.1, 0.15) is 49.9 Å². The number of fused-ring (bicyclic) bond motifs is 3. The van der Waals surface area contributed by atoms with Crippen LogP contribution in [0.4, 0.5) is 0 Å². The van der Waals surface area contributed by atoms with E-state index in [-0.39, 0.29) is 26.4 Å². The van der Waals surface area contributed by atoms with Gasteiger partial charge in [-0.3, -0.25) is 0 Å². The predicted octanol–water partition coefficient (Wildman–Crippen LogP) is 7.73. The maximum Gasteiger partial charge on any atom is 0.122 e. The normalized spacial score (nSPS) is 12.1. The zero-order valence-corrected chi connectivity index (χ0v) is 24.7. The lowest BCUT2D eigenvalue weighted by atomic mass is 9.86. The van der Waals surface area contributed by atoms with E-state index in [9.17, 15) is 10.2 Å². The standard InChI is InChI=1S/C37H42O4/c1-24(2)19-29-21-27(9-13-35(29)40-17-15-38)32-11-12-33-31-8-6-5-7-26(31)23-34(33)37(32)28-10-14-36(41-18-16-39)30(22-28)20-25(3)4/h5-14,21-22,24-25,38-39H,15-20,23H2,1-4H3. The molecule has 2 N–H and O–H groups in total. The molecule has 0 unspecified atom stereocenters. The minimum Gasteiger partial charge on any atom is -0.491 e. The molecule has 5 rings (SSSR count). The summed E-state index contributed by atoms with van der Waals surface area (Å²) in [6.07, 6.45) is 2.69. The van der Waals surface area contributed by atoms with Gasteiger partial charge in [0.15, 0.2) is 0 Å². The average Bonchev–Trinajstić information content (AvgIpc) is 3.33. The van der Waals surface area contributed by atoms with Crippen LogP contribution >= 0.6 is 0 Å². The Hall–Kier alpha value is -3.60. The molecule has 4 aromatic carbocycles. The fraction of sp³-hybridized carbons (Fsp3) is 0.351. The lowest BCUT2D eigenvalue weighted by molar-refractivity contribution is 0.200. The number of rotatable bonds is 12. The first-order valence-corrected chi connectivity index (χ1v) is 14.9. The molecule has 0 fully saturated rings. The van der Waals surface area contributed by atoms with Gasteiger partial charge < -0.3 is 19.7 Å². The topological polar surface area (TPSA) is 58.9 Å². The van der Waals surface area contributed by atoms with Crippen LogP contribution in [-0.4, -0.2) is 36.6 Å². The average molecular weight is 551 g/mol. The third kappa shape index (κ3) is 6.34. The van der Waals surface area contributed by atoms with Crippen molar-refractivity contribution in [1.29, 1.82) is 0 Å². The number of benzene rings is 4. The van der Waals surface area contributed by atoms with E-state index in [1.54, 1.807) is 0 Å². The first-order chi connectivity index (χ1) is 19.9. The molecule has 0 bridgehead atoms. The summed E-state index contributed by atoms with van der Waals surface area (Å²) in [4.78, 5) is 0. The molecule has 214 valence electrons. The van der Waals surface area contributed by atoms with Crippen LogP contribution in [0, 0.1) is 11.8 Å². The van der Waals surface area contributed by atoms with Crippen molar-refractivity contribution < 1.29 is 19.7 Å². The van der Waals surface area contributed by atoms with Crippen molar-refractivity contribution in [2.24, 2.45) is 11.8 Å². The van der Waals surface area contributed by atoms with E-state index in [1.807, 2.05) is 0 Å². The summed E-state index contributed by atoms with van der Waals surface area (Å²) in [7, 11) is 0. The Labute approximate surface area is 244 Å². The second kappa shape index (κ2) is 12.9. The molecule has 1 aliphatic rings. The van der Waals surface area contributed by atoms with Crippen molar-refractivity contribution in [3.8, 4) is 44.9 Å². The molecule has 0 amide bonds. The Bertz CT molecular complexity index is 1500. The number of aliphatic hydroxyl groups excluding tert-OH is 2. The van der Waals surface area contributed by atoms with Crippen molar-refractivity contribution in [1.82, 2.24) is 0 Å². The van der Waals surface area contributed by atoms with Crippen molar-refractivity contribution in [2.45, 2.75) is 47.0 Å². The molecule has 0 saturated carbocycles. The molecule has 0 radical (unpaired) electrons. The van der Waals surface area contributed by atoms with Gasteiger partial charge in [0.05, 0.1) is 13.2 Å². The Morgan fingerprint density at radius 2 is 1.20 bits per heavy atom. The highest BCUT2D eigenvalue weighted by Gasteiger charge is 2.25. The van der Waals surface area contributed by atoms with Crippen LogP contribution in [0.2, 0.25) is 0 Å². The van der Waals surface area contributed by atoms with Gasteiger partial charge in [-0.1, -0.05) is 76.2 Å². The highest BCUT2D eigenvalue weighted by atomic mass is 16.5. The quantitative estimate of drug-likeness (QED) is 0.167. The fourth-order valence-electron chi connectivity index (χ4n) is 6.06. The molecule has 0 atom stereocenters. The third-order valence-corrected chi connectivity index (χ3v) is 7.66. The predicted molar refractivity (Wildman–Crippen MR) is 168 cm³/mol. The van der Waals surface area contributed by atoms with Gasteiger partial charge in [0, 0.05) is 0 Å². The second-order valence-corrected chi connectivity index (χ2v) is 11.8.